The normalized spacial score (nSPS) is 16.5. The molecule has 2 heterocycles. The van der Waals surface area contributed by atoms with Crippen LogP contribution in [-0.4, -0.2) is 45.0 Å². The molecule has 1 aromatic heterocycles. The number of hydrogen-bond donors (Lipinski definition) is 1. The van der Waals surface area contributed by atoms with Crippen LogP contribution in [0, 0.1) is 0 Å². The predicted octanol–water partition coefficient (Wildman–Crippen LogP) is 3.34. The number of carbonyl (C=O) groups excluding carboxylic acids is 1. The van der Waals surface area contributed by atoms with Crippen molar-refractivity contribution >= 4 is 5.91 Å². The molecule has 6 nitrogen and oxygen atoms in total. The minimum absolute atomic E-state index is 0.297. The van der Waals surface area contributed by atoms with Crippen LogP contribution in [-0.2, 0) is 0 Å². The molecule has 2 aromatic carbocycles. The van der Waals surface area contributed by atoms with E-state index in [1.165, 1.54) is 4.68 Å². The molecule has 1 unspecified atom stereocenters. The van der Waals surface area contributed by atoms with E-state index in [0.29, 0.717) is 4.90 Å². The molecule has 160 valence electrons. The zero-order chi connectivity index (χ0) is 22.2. The summed E-state index contributed by atoms with van der Waals surface area (Å²) in [6.45, 7) is -1.80. The maximum Gasteiger partial charge on any atom is 0.406 e. The molecule has 9 heteroatoms. The summed E-state index contributed by atoms with van der Waals surface area (Å²) in [6, 6.07) is 17.4. The molecule has 1 aliphatic heterocycles. The van der Waals surface area contributed by atoms with Crippen LogP contribution in [0.25, 0.3) is 0 Å². The Morgan fingerprint density at radius 3 is 2.06 bits per heavy atom. The van der Waals surface area contributed by atoms with Gasteiger partial charge < -0.3 is 10.0 Å². The lowest BCUT2D eigenvalue weighted by molar-refractivity contribution is -0.142. The van der Waals surface area contributed by atoms with E-state index in [0.717, 1.165) is 17.3 Å². The van der Waals surface area contributed by atoms with Crippen molar-refractivity contribution in [3.8, 4) is 5.75 Å². The number of carbonyl (C=O) groups is 1. The molecule has 0 spiro atoms. The molecule has 0 radical (unpaired) electrons. The highest BCUT2D eigenvalue weighted by atomic mass is 19.4. The Morgan fingerprint density at radius 2 is 1.55 bits per heavy atom. The van der Waals surface area contributed by atoms with Crippen LogP contribution in [0.1, 0.15) is 33.6 Å². The highest BCUT2D eigenvalue weighted by Crippen LogP contribution is 2.39. The van der Waals surface area contributed by atoms with Gasteiger partial charge in [0.1, 0.15) is 6.54 Å². The lowest BCUT2D eigenvalue weighted by atomic mass is 9.83. The van der Waals surface area contributed by atoms with Gasteiger partial charge in [0.15, 0.2) is 11.4 Å². The molecule has 0 saturated carbocycles. The Hall–Kier alpha value is -3.62. The van der Waals surface area contributed by atoms with E-state index in [2.05, 4.69) is 5.10 Å². The van der Waals surface area contributed by atoms with Crippen LogP contribution < -0.4 is 5.43 Å². The van der Waals surface area contributed by atoms with Crippen molar-refractivity contribution in [3.05, 3.63) is 93.9 Å². The smallest absolute Gasteiger partial charge is 0.406 e. The Labute approximate surface area is 175 Å². The topological polar surface area (TPSA) is 75.4 Å². The molecule has 1 amide bonds. The number of hydrogen-bond acceptors (Lipinski definition) is 4. The van der Waals surface area contributed by atoms with Gasteiger partial charge in [-0.2, -0.15) is 18.3 Å². The van der Waals surface area contributed by atoms with E-state index in [1.807, 2.05) is 60.7 Å². The van der Waals surface area contributed by atoms with Gasteiger partial charge in [-0.05, 0) is 11.1 Å². The van der Waals surface area contributed by atoms with Crippen molar-refractivity contribution < 1.29 is 23.1 Å². The van der Waals surface area contributed by atoms with Crippen LogP contribution in [0.2, 0.25) is 0 Å². The molecular formula is C22H18F3N3O3. The first-order valence-electron chi connectivity index (χ1n) is 9.53. The molecule has 1 aliphatic rings. The van der Waals surface area contributed by atoms with Crippen LogP contribution >= 0.6 is 0 Å². The minimum atomic E-state index is -4.64. The summed E-state index contributed by atoms with van der Waals surface area (Å²) in [5, 5.41) is 14.3. The van der Waals surface area contributed by atoms with E-state index in [4.69, 9.17) is 0 Å². The lowest BCUT2D eigenvalue weighted by Gasteiger charge is -2.39. The second-order valence-corrected chi connectivity index (χ2v) is 7.32. The fraction of sp³-hybridized carbons (Fsp3) is 0.227. The van der Waals surface area contributed by atoms with Gasteiger partial charge in [0, 0.05) is 12.5 Å². The molecule has 1 atom stereocenters. The third-order valence-corrected chi connectivity index (χ3v) is 5.27. The van der Waals surface area contributed by atoms with Crippen molar-refractivity contribution in [1.29, 1.82) is 0 Å². The van der Waals surface area contributed by atoms with E-state index in [-0.39, 0.29) is 6.54 Å². The van der Waals surface area contributed by atoms with E-state index in [1.54, 1.807) is 0 Å². The molecule has 4 rings (SSSR count). The molecular weight excluding hydrogens is 411 g/mol. The first-order chi connectivity index (χ1) is 14.8. The fourth-order valence-corrected chi connectivity index (χ4v) is 4.00. The number of aromatic hydroxyl groups is 1. The Balaban J connectivity index is 1.92. The Kier molecular flexibility index (Phi) is 5.26. The van der Waals surface area contributed by atoms with Crippen LogP contribution in [0.3, 0.4) is 0 Å². The van der Waals surface area contributed by atoms with E-state index in [9.17, 15) is 27.9 Å². The van der Waals surface area contributed by atoms with Gasteiger partial charge in [0.25, 0.3) is 5.91 Å². The van der Waals surface area contributed by atoms with Crippen molar-refractivity contribution in [1.82, 2.24) is 14.7 Å². The number of rotatable bonds is 4. The second-order valence-electron chi connectivity index (χ2n) is 7.32. The van der Waals surface area contributed by atoms with Gasteiger partial charge in [-0.3, -0.25) is 14.3 Å². The maximum absolute atomic E-state index is 13.2. The monoisotopic (exact) mass is 429 g/mol. The predicted molar refractivity (Wildman–Crippen MR) is 106 cm³/mol. The lowest BCUT2D eigenvalue weighted by Crippen LogP contribution is -2.50. The number of nitrogens with zero attached hydrogens (tertiary/aromatic N) is 3. The number of benzene rings is 2. The zero-order valence-corrected chi connectivity index (χ0v) is 16.2. The SMILES string of the molecule is O=C1c2c(O)c(=O)cnn2C(C(c2ccccc2)c2ccccc2)CN1CC(F)(F)F. The average Bonchev–Trinajstić information content (AvgIpc) is 2.74. The van der Waals surface area contributed by atoms with Gasteiger partial charge in [0.05, 0.1) is 12.2 Å². The number of halogens is 3. The highest BCUT2D eigenvalue weighted by molar-refractivity contribution is 5.95. The first-order valence-corrected chi connectivity index (χ1v) is 9.53. The standard InChI is InChI=1S/C22H18F3N3O3/c23-22(24,25)13-27-12-16(28-19(21(27)31)20(30)17(29)11-26-28)18(14-7-3-1-4-8-14)15-9-5-2-6-10-15/h1-11,16,18,30H,12-13H2. The molecule has 0 fully saturated rings. The highest BCUT2D eigenvalue weighted by Gasteiger charge is 2.43. The zero-order valence-electron chi connectivity index (χ0n) is 16.2. The summed E-state index contributed by atoms with van der Waals surface area (Å²) in [5.41, 5.74) is 0.130. The number of amides is 1. The van der Waals surface area contributed by atoms with Crippen LogP contribution in [0.4, 0.5) is 13.2 Å². The third kappa shape index (κ3) is 4.03. The Bertz CT molecular complexity index is 1110. The van der Waals surface area contributed by atoms with Crippen molar-refractivity contribution in [2.45, 2.75) is 18.1 Å². The van der Waals surface area contributed by atoms with Gasteiger partial charge in [0.2, 0.25) is 5.43 Å². The third-order valence-electron chi connectivity index (χ3n) is 5.27. The maximum atomic E-state index is 13.2. The van der Waals surface area contributed by atoms with Gasteiger partial charge in [-0.1, -0.05) is 60.7 Å². The molecule has 31 heavy (non-hydrogen) atoms. The molecule has 0 aliphatic carbocycles. The van der Waals surface area contributed by atoms with E-state index < -0.39 is 47.5 Å². The summed E-state index contributed by atoms with van der Waals surface area (Å²) >= 11 is 0. The summed E-state index contributed by atoms with van der Waals surface area (Å²) in [6.07, 6.45) is -3.78. The molecule has 0 saturated heterocycles. The summed E-state index contributed by atoms with van der Waals surface area (Å²) in [7, 11) is 0. The van der Waals surface area contributed by atoms with Gasteiger partial charge >= 0.3 is 6.18 Å². The van der Waals surface area contributed by atoms with Crippen LogP contribution in [0.15, 0.2) is 71.7 Å². The summed E-state index contributed by atoms with van der Waals surface area (Å²) in [5.74, 6) is -2.48. The van der Waals surface area contributed by atoms with Crippen molar-refractivity contribution in [2.24, 2.45) is 0 Å². The fourth-order valence-electron chi connectivity index (χ4n) is 4.00. The van der Waals surface area contributed by atoms with Crippen molar-refractivity contribution in [3.63, 3.8) is 0 Å². The second kappa shape index (κ2) is 7.90. The molecule has 1 N–H and O–H groups in total. The average molecular weight is 429 g/mol. The van der Waals surface area contributed by atoms with E-state index >= 15 is 0 Å². The molecule has 0 bridgehead atoms. The number of alkyl halides is 3. The summed E-state index contributed by atoms with van der Waals surface area (Å²) in [4.78, 5) is 25.3. The van der Waals surface area contributed by atoms with Gasteiger partial charge in [-0.25, -0.2) is 0 Å². The van der Waals surface area contributed by atoms with Crippen LogP contribution in [0.5, 0.6) is 5.75 Å². The molecule has 3 aromatic rings. The minimum Gasteiger partial charge on any atom is -0.502 e. The number of aromatic nitrogens is 2. The van der Waals surface area contributed by atoms with Crippen molar-refractivity contribution in [2.75, 3.05) is 13.1 Å². The first kappa shape index (κ1) is 20.6. The number of fused-ring (bicyclic) bond motifs is 1. The Morgan fingerprint density at radius 1 is 1.00 bits per heavy atom. The largest absolute Gasteiger partial charge is 0.502 e. The quantitative estimate of drug-likeness (QED) is 0.690. The van der Waals surface area contributed by atoms with Gasteiger partial charge in [-0.15, -0.1) is 0 Å². The summed E-state index contributed by atoms with van der Waals surface area (Å²) < 4.78 is 40.8.